The summed E-state index contributed by atoms with van der Waals surface area (Å²) in [5, 5.41) is 8.69. The molecule has 2 aromatic rings. The van der Waals surface area contributed by atoms with Gasteiger partial charge in [0.15, 0.2) is 0 Å². The van der Waals surface area contributed by atoms with Gasteiger partial charge in [-0.2, -0.15) is 10.2 Å². The summed E-state index contributed by atoms with van der Waals surface area (Å²) in [6.07, 6.45) is 2.14. The number of ether oxygens (including phenoxy) is 1. The van der Waals surface area contributed by atoms with Gasteiger partial charge in [0, 0.05) is 37.8 Å². The molecular formula is C27H36FN5O3. The van der Waals surface area contributed by atoms with Crippen molar-refractivity contribution in [2.75, 3.05) is 19.6 Å². The minimum atomic E-state index is -0.563. The molecule has 36 heavy (non-hydrogen) atoms. The van der Waals surface area contributed by atoms with Crippen molar-refractivity contribution < 1.29 is 18.7 Å². The maximum atomic E-state index is 14.3. The first kappa shape index (κ1) is 27.3. The van der Waals surface area contributed by atoms with Gasteiger partial charge in [-0.3, -0.25) is 4.79 Å². The number of amides is 2. The molecule has 0 unspecified atom stereocenters. The second-order valence-corrected chi connectivity index (χ2v) is 10.1. The lowest BCUT2D eigenvalue weighted by atomic mass is 9.95. The van der Waals surface area contributed by atoms with Gasteiger partial charge in [0.05, 0.1) is 17.0 Å². The lowest BCUT2D eigenvalue weighted by Crippen LogP contribution is -2.39. The van der Waals surface area contributed by atoms with Crippen molar-refractivity contribution in [2.24, 2.45) is 5.73 Å². The first-order valence-electron chi connectivity index (χ1n) is 12.3. The van der Waals surface area contributed by atoms with Crippen LogP contribution in [0, 0.1) is 5.82 Å². The molecule has 1 aromatic carbocycles. The predicted octanol–water partition coefficient (Wildman–Crippen LogP) is 4.64. The summed E-state index contributed by atoms with van der Waals surface area (Å²) in [6.45, 7) is 12.7. The van der Waals surface area contributed by atoms with Crippen LogP contribution in [-0.4, -0.2) is 63.3 Å². The van der Waals surface area contributed by atoms with Gasteiger partial charge in [0.25, 0.3) is 5.91 Å². The summed E-state index contributed by atoms with van der Waals surface area (Å²) in [6, 6.07) is 5.99. The van der Waals surface area contributed by atoms with Crippen molar-refractivity contribution in [1.29, 1.82) is 0 Å². The van der Waals surface area contributed by atoms with Gasteiger partial charge in [-0.15, -0.1) is 0 Å². The van der Waals surface area contributed by atoms with Crippen LogP contribution in [0.5, 0.6) is 0 Å². The summed E-state index contributed by atoms with van der Waals surface area (Å²) in [5.41, 5.74) is 8.93. The Hall–Kier alpha value is -3.33. The van der Waals surface area contributed by atoms with E-state index < -0.39 is 11.4 Å². The first-order valence-corrected chi connectivity index (χ1v) is 12.3. The summed E-state index contributed by atoms with van der Waals surface area (Å²) < 4.78 is 19.7. The molecule has 2 amide bonds. The molecule has 8 nitrogen and oxygen atoms in total. The Morgan fingerprint density at radius 1 is 1.19 bits per heavy atom. The third-order valence-electron chi connectivity index (χ3n) is 5.98. The molecule has 3 rings (SSSR count). The van der Waals surface area contributed by atoms with Gasteiger partial charge < -0.3 is 20.3 Å². The molecule has 1 aromatic heterocycles. The van der Waals surface area contributed by atoms with Gasteiger partial charge >= 0.3 is 6.09 Å². The highest BCUT2D eigenvalue weighted by Crippen LogP contribution is 2.31. The fourth-order valence-electron chi connectivity index (χ4n) is 4.18. The standard InChI is InChI=1S/C27H36FN5O3/c1-7-33(17(2)3)25(34)22-14-19(28)8-9-20(22)21-15-23(30-31-24(21)16-29)18-10-12-32(13-11-18)26(35)36-27(4,5)6/h8-10,14-15,17H,7,11-13,16,29H2,1-6H3. The van der Waals surface area contributed by atoms with Crippen molar-refractivity contribution in [3.63, 3.8) is 0 Å². The molecule has 0 saturated heterocycles. The van der Waals surface area contributed by atoms with Gasteiger partial charge in [0.2, 0.25) is 0 Å². The highest BCUT2D eigenvalue weighted by molar-refractivity contribution is 6.01. The van der Waals surface area contributed by atoms with Crippen LogP contribution in [0.4, 0.5) is 9.18 Å². The average molecular weight is 498 g/mol. The average Bonchev–Trinajstić information content (AvgIpc) is 2.82. The second-order valence-electron chi connectivity index (χ2n) is 10.1. The third-order valence-corrected chi connectivity index (χ3v) is 5.98. The van der Waals surface area contributed by atoms with E-state index in [0.29, 0.717) is 48.6 Å². The van der Waals surface area contributed by atoms with E-state index in [1.54, 1.807) is 15.9 Å². The summed E-state index contributed by atoms with van der Waals surface area (Å²) in [7, 11) is 0. The maximum Gasteiger partial charge on any atom is 0.410 e. The molecule has 1 aliphatic heterocycles. The van der Waals surface area contributed by atoms with Crippen molar-refractivity contribution in [1.82, 2.24) is 20.0 Å². The van der Waals surface area contributed by atoms with Gasteiger partial charge in [-0.25, -0.2) is 9.18 Å². The van der Waals surface area contributed by atoms with Crippen LogP contribution in [0.2, 0.25) is 0 Å². The van der Waals surface area contributed by atoms with Gasteiger partial charge in [-0.05, 0) is 77.3 Å². The summed E-state index contributed by atoms with van der Waals surface area (Å²) in [5.74, 6) is -0.746. The minimum absolute atomic E-state index is 0.0426. The number of halogens is 1. The number of rotatable bonds is 6. The molecular weight excluding hydrogens is 461 g/mol. The highest BCUT2D eigenvalue weighted by atomic mass is 19.1. The van der Waals surface area contributed by atoms with Crippen molar-refractivity contribution in [3.05, 3.63) is 53.1 Å². The summed E-state index contributed by atoms with van der Waals surface area (Å²) >= 11 is 0. The van der Waals surface area contributed by atoms with E-state index in [-0.39, 0.29) is 30.2 Å². The summed E-state index contributed by atoms with van der Waals surface area (Å²) in [4.78, 5) is 29.1. The van der Waals surface area contributed by atoms with Crippen LogP contribution < -0.4 is 5.73 Å². The molecule has 0 radical (unpaired) electrons. The van der Waals surface area contributed by atoms with Crippen LogP contribution in [0.25, 0.3) is 16.7 Å². The van der Waals surface area contributed by atoms with Crippen LogP contribution in [-0.2, 0) is 11.3 Å². The number of hydrogen-bond donors (Lipinski definition) is 1. The minimum Gasteiger partial charge on any atom is -0.444 e. The quantitative estimate of drug-likeness (QED) is 0.624. The molecule has 0 atom stereocenters. The molecule has 2 N–H and O–H groups in total. The van der Waals surface area contributed by atoms with E-state index in [9.17, 15) is 14.0 Å². The molecule has 194 valence electrons. The highest BCUT2D eigenvalue weighted by Gasteiger charge is 2.26. The van der Waals surface area contributed by atoms with E-state index in [2.05, 4.69) is 10.2 Å². The predicted molar refractivity (Wildman–Crippen MR) is 138 cm³/mol. The zero-order valence-electron chi connectivity index (χ0n) is 22.0. The normalized spacial score (nSPS) is 14.0. The Morgan fingerprint density at radius 3 is 2.47 bits per heavy atom. The number of benzene rings is 1. The molecule has 0 spiro atoms. The van der Waals surface area contributed by atoms with E-state index >= 15 is 0 Å². The van der Waals surface area contributed by atoms with Crippen molar-refractivity contribution >= 4 is 17.6 Å². The molecule has 9 heteroatoms. The third kappa shape index (κ3) is 6.26. The fraction of sp³-hybridized carbons (Fsp3) is 0.481. The Kier molecular flexibility index (Phi) is 8.45. The molecule has 0 bridgehead atoms. The smallest absolute Gasteiger partial charge is 0.410 e. The van der Waals surface area contributed by atoms with E-state index in [4.69, 9.17) is 10.5 Å². The number of aromatic nitrogens is 2. The van der Waals surface area contributed by atoms with Crippen LogP contribution in [0.1, 0.15) is 69.7 Å². The molecule has 0 aliphatic carbocycles. The Morgan fingerprint density at radius 2 is 1.92 bits per heavy atom. The van der Waals surface area contributed by atoms with Crippen LogP contribution in [0.3, 0.4) is 0 Å². The lowest BCUT2D eigenvalue weighted by molar-refractivity contribution is 0.0270. The largest absolute Gasteiger partial charge is 0.444 e. The number of nitrogens with two attached hydrogens (primary N) is 1. The molecule has 0 saturated carbocycles. The molecule has 1 aliphatic rings. The SMILES string of the molecule is CCN(C(=O)c1cc(F)ccc1-c1cc(C2=CCN(C(=O)OC(C)(C)C)CC2)nnc1CN)C(C)C. The van der Waals surface area contributed by atoms with E-state index in [1.807, 2.05) is 53.7 Å². The number of carbonyl (C=O) groups excluding carboxylic acids is 2. The molecule has 2 heterocycles. The number of hydrogen-bond acceptors (Lipinski definition) is 6. The number of nitrogens with zero attached hydrogens (tertiary/aromatic N) is 4. The monoisotopic (exact) mass is 497 g/mol. The zero-order valence-corrected chi connectivity index (χ0v) is 22.0. The first-order chi connectivity index (χ1) is 16.9. The lowest BCUT2D eigenvalue weighted by Gasteiger charge is -2.29. The van der Waals surface area contributed by atoms with Gasteiger partial charge in [-0.1, -0.05) is 12.1 Å². The van der Waals surface area contributed by atoms with Crippen molar-refractivity contribution in [2.45, 2.75) is 66.2 Å². The topological polar surface area (TPSA) is 102 Å². The van der Waals surface area contributed by atoms with Crippen LogP contribution >= 0.6 is 0 Å². The van der Waals surface area contributed by atoms with E-state index in [1.165, 1.54) is 12.1 Å². The Balaban J connectivity index is 1.98. The second kappa shape index (κ2) is 11.2. The van der Waals surface area contributed by atoms with Gasteiger partial charge in [0.1, 0.15) is 11.4 Å². The maximum absolute atomic E-state index is 14.3. The number of carbonyl (C=O) groups is 2. The fourth-order valence-corrected chi connectivity index (χ4v) is 4.18. The zero-order chi connectivity index (χ0) is 26.6. The van der Waals surface area contributed by atoms with Crippen molar-refractivity contribution in [3.8, 4) is 11.1 Å². The Bertz CT molecular complexity index is 1160. The van der Waals surface area contributed by atoms with Crippen LogP contribution in [0.15, 0.2) is 30.3 Å². The van der Waals surface area contributed by atoms with E-state index in [0.717, 1.165) is 5.57 Å². The Labute approximate surface area is 212 Å². The molecule has 0 fully saturated rings.